The highest BCUT2D eigenvalue weighted by molar-refractivity contribution is 5.90. The number of carbonyl (C=O) groups excluding carboxylic acids is 1. The maximum atomic E-state index is 13.1. The summed E-state index contributed by atoms with van der Waals surface area (Å²) in [5, 5.41) is 3.07. The summed E-state index contributed by atoms with van der Waals surface area (Å²) in [7, 11) is 0. The first kappa shape index (κ1) is 19.3. The maximum Gasteiger partial charge on any atom is 0.322 e. The molecule has 4 rings (SSSR count). The van der Waals surface area contributed by atoms with Gasteiger partial charge in [-0.3, -0.25) is 0 Å². The van der Waals surface area contributed by atoms with E-state index in [4.69, 9.17) is 14.2 Å². The summed E-state index contributed by atoms with van der Waals surface area (Å²) in [5.74, 6) is 1.42. The number of benzene rings is 1. The second kappa shape index (κ2) is 9.47. The smallest absolute Gasteiger partial charge is 0.322 e. The standard InChI is InChI=1S/C21H31N3O4/c25-21(22-17-4-5-19-20(16-17)28-15-14-27-19)24(18-6-12-26-13-7-18)11-10-23-8-2-1-3-9-23/h4-5,16,18H,1-3,6-15H2,(H,22,25). The Labute approximate surface area is 166 Å². The predicted octanol–water partition coefficient (Wildman–Crippen LogP) is 2.96. The summed E-state index contributed by atoms with van der Waals surface area (Å²) in [6.07, 6.45) is 5.65. The molecular formula is C21H31N3O4. The van der Waals surface area contributed by atoms with Crippen molar-refractivity contribution in [2.24, 2.45) is 0 Å². The fraction of sp³-hybridized carbons (Fsp3) is 0.667. The van der Waals surface area contributed by atoms with Gasteiger partial charge in [0, 0.05) is 44.1 Å². The van der Waals surface area contributed by atoms with Crippen molar-refractivity contribution in [1.29, 1.82) is 0 Å². The Hall–Kier alpha value is -1.99. The third-order valence-electron chi connectivity index (χ3n) is 5.79. The Morgan fingerprint density at radius 2 is 1.79 bits per heavy atom. The number of nitrogens with zero attached hydrogens (tertiary/aromatic N) is 2. The second-order valence-electron chi connectivity index (χ2n) is 7.73. The normalized spacial score (nSPS) is 20.6. The van der Waals surface area contributed by atoms with Crippen LogP contribution >= 0.6 is 0 Å². The van der Waals surface area contributed by atoms with Crippen LogP contribution in [0.5, 0.6) is 11.5 Å². The molecule has 1 N–H and O–H groups in total. The van der Waals surface area contributed by atoms with Gasteiger partial charge in [-0.05, 0) is 50.9 Å². The van der Waals surface area contributed by atoms with Gasteiger partial charge in [0.1, 0.15) is 13.2 Å². The lowest BCUT2D eigenvalue weighted by atomic mass is 10.1. The molecule has 2 saturated heterocycles. The molecule has 7 heteroatoms. The van der Waals surface area contributed by atoms with Crippen LogP contribution in [0.1, 0.15) is 32.1 Å². The minimum absolute atomic E-state index is 0.0411. The molecule has 3 heterocycles. The van der Waals surface area contributed by atoms with Crippen molar-refractivity contribution in [3.63, 3.8) is 0 Å². The molecule has 1 aromatic rings. The number of nitrogens with one attached hydrogen (secondary N) is 1. The van der Waals surface area contributed by atoms with E-state index in [-0.39, 0.29) is 12.1 Å². The first-order valence-corrected chi connectivity index (χ1v) is 10.6. The molecule has 1 aromatic carbocycles. The number of urea groups is 1. The number of hydrogen-bond donors (Lipinski definition) is 1. The molecule has 0 atom stereocenters. The van der Waals surface area contributed by atoms with Gasteiger partial charge in [-0.2, -0.15) is 0 Å². The Kier molecular flexibility index (Phi) is 6.54. The van der Waals surface area contributed by atoms with Crippen molar-refractivity contribution < 1.29 is 19.0 Å². The minimum Gasteiger partial charge on any atom is -0.486 e. The number of carbonyl (C=O) groups is 1. The zero-order valence-electron chi connectivity index (χ0n) is 16.5. The van der Waals surface area contributed by atoms with Gasteiger partial charge in [0.15, 0.2) is 11.5 Å². The van der Waals surface area contributed by atoms with Gasteiger partial charge >= 0.3 is 6.03 Å². The zero-order chi connectivity index (χ0) is 19.2. The van der Waals surface area contributed by atoms with Gasteiger partial charge in [-0.1, -0.05) is 6.42 Å². The summed E-state index contributed by atoms with van der Waals surface area (Å²) < 4.78 is 16.7. The lowest BCUT2D eigenvalue weighted by molar-refractivity contribution is 0.0447. The van der Waals surface area contributed by atoms with Gasteiger partial charge in [-0.15, -0.1) is 0 Å². The molecule has 7 nitrogen and oxygen atoms in total. The van der Waals surface area contributed by atoms with Gasteiger partial charge in [-0.25, -0.2) is 4.79 Å². The maximum absolute atomic E-state index is 13.1. The topological polar surface area (TPSA) is 63.3 Å². The molecule has 2 amide bonds. The largest absolute Gasteiger partial charge is 0.486 e. The van der Waals surface area contributed by atoms with Crippen molar-refractivity contribution in [3.05, 3.63) is 18.2 Å². The fourth-order valence-electron chi connectivity index (χ4n) is 4.20. The van der Waals surface area contributed by atoms with Crippen LogP contribution in [-0.2, 0) is 4.74 Å². The van der Waals surface area contributed by atoms with Crippen LogP contribution in [0.2, 0.25) is 0 Å². The number of likely N-dealkylation sites (tertiary alicyclic amines) is 1. The van der Waals surface area contributed by atoms with E-state index in [0.717, 1.165) is 63.7 Å². The van der Waals surface area contributed by atoms with Gasteiger partial charge in [0.05, 0.1) is 0 Å². The lowest BCUT2D eigenvalue weighted by Crippen LogP contribution is -2.49. The molecule has 0 saturated carbocycles. The minimum atomic E-state index is -0.0411. The first-order chi connectivity index (χ1) is 13.8. The Balaban J connectivity index is 1.41. The molecule has 0 aromatic heterocycles. The van der Waals surface area contributed by atoms with Crippen LogP contribution in [0, 0.1) is 0 Å². The van der Waals surface area contributed by atoms with Crippen LogP contribution < -0.4 is 14.8 Å². The van der Waals surface area contributed by atoms with E-state index in [1.54, 1.807) is 0 Å². The van der Waals surface area contributed by atoms with Crippen LogP contribution in [0.15, 0.2) is 18.2 Å². The third-order valence-corrected chi connectivity index (χ3v) is 5.79. The first-order valence-electron chi connectivity index (χ1n) is 10.6. The van der Waals surface area contributed by atoms with Gasteiger partial charge in [0.2, 0.25) is 0 Å². The Bertz CT molecular complexity index is 657. The second-order valence-corrected chi connectivity index (χ2v) is 7.73. The van der Waals surface area contributed by atoms with E-state index < -0.39 is 0 Å². The molecule has 0 unspecified atom stereocenters. The molecular weight excluding hydrogens is 358 g/mol. The Morgan fingerprint density at radius 1 is 1.04 bits per heavy atom. The molecule has 0 aliphatic carbocycles. The van der Waals surface area contributed by atoms with Crippen molar-refractivity contribution in [2.75, 3.05) is 57.9 Å². The number of ether oxygens (including phenoxy) is 3. The zero-order valence-corrected chi connectivity index (χ0v) is 16.5. The molecule has 154 valence electrons. The molecule has 2 fully saturated rings. The average Bonchev–Trinajstić information content (AvgIpc) is 2.75. The fourth-order valence-corrected chi connectivity index (χ4v) is 4.20. The number of hydrogen-bond acceptors (Lipinski definition) is 5. The quantitative estimate of drug-likeness (QED) is 0.839. The van der Waals surface area contributed by atoms with Crippen molar-refractivity contribution in [1.82, 2.24) is 9.80 Å². The average molecular weight is 389 g/mol. The monoisotopic (exact) mass is 389 g/mol. The van der Waals surface area contributed by atoms with E-state index in [9.17, 15) is 4.79 Å². The van der Waals surface area contributed by atoms with Crippen LogP contribution in [0.4, 0.5) is 10.5 Å². The highest BCUT2D eigenvalue weighted by atomic mass is 16.6. The van der Waals surface area contributed by atoms with Gasteiger partial charge < -0.3 is 29.3 Å². The lowest BCUT2D eigenvalue weighted by Gasteiger charge is -2.36. The highest BCUT2D eigenvalue weighted by Gasteiger charge is 2.27. The summed E-state index contributed by atoms with van der Waals surface area (Å²) in [5.41, 5.74) is 0.740. The molecule has 0 radical (unpaired) electrons. The van der Waals surface area contributed by atoms with Crippen LogP contribution in [0.25, 0.3) is 0 Å². The molecule has 0 bridgehead atoms. The number of piperidine rings is 1. The number of amides is 2. The van der Waals surface area contributed by atoms with E-state index in [1.165, 1.54) is 19.3 Å². The predicted molar refractivity (Wildman–Crippen MR) is 107 cm³/mol. The SMILES string of the molecule is O=C(Nc1ccc2c(c1)OCCO2)N(CCN1CCCCC1)C1CCOCC1. The molecule has 3 aliphatic heterocycles. The van der Waals surface area contributed by atoms with E-state index in [0.29, 0.717) is 19.0 Å². The van der Waals surface area contributed by atoms with E-state index in [2.05, 4.69) is 10.2 Å². The number of anilines is 1. The van der Waals surface area contributed by atoms with Crippen molar-refractivity contribution in [3.8, 4) is 11.5 Å². The van der Waals surface area contributed by atoms with E-state index >= 15 is 0 Å². The summed E-state index contributed by atoms with van der Waals surface area (Å²) in [4.78, 5) is 17.6. The van der Waals surface area contributed by atoms with Gasteiger partial charge in [0.25, 0.3) is 0 Å². The molecule has 28 heavy (non-hydrogen) atoms. The van der Waals surface area contributed by atoms with Crippen LogP contribution in [-0.4, -0.2) is 74.5 Å². The highest BCUT2D eigenvalue weighted by Crippen LogP contribution is 2.32. The molecule has 0 spiro atoms. The third kappa shape index (κ3) is 4.89. The number of fused-ring (bicyclic) bond motifs is 1. The number of rotatable bonds is 5. The summed E-state index contributed by atoms with van der Waals surface area (Å²) >= 11 is 0. The molecule has 3 aliphatic rings. The Morgan fingerprint density at radius 3 is 2.57 bits per heavy atom. The van der Waals surface area contributed by atoms with Crippen molar-refractivity contribution >= 4 is 11.7 Å². The van der Waals surface area contributed by atoms with E-state index in [1.807, 2.05) is 23.1 Å². The van der Waals surface area contributed by atoms with Crippen LogP contribution in [0.3, 0.4) is 0 Å². The summed E-state index contributed by atoms with van der Waals surface area (Å²) in [6, 6.07) is 5.77. The summed E-state index contributed by atoms with van der Waals surface area (Å²) in [6.45, 7) is 6.52. The van der Waals surface area contributed by atoms with Crippen molar-refractivity contribution in [2.45, 2.75) is 38.1 Å².